The third-order valence-electron chi connectivity index (χ3n) is 18.4. The summed E-state index contributed by atoms with van der Waals surface area (Å²) in [7, 11) is -10.7. The standard InChI is InChI=1S/C67H80N9O25P3S2/c77-52(70-50(34-54(78)79)64(85)72-51(66(88)89)35-55(80)81)17-2-1-3-24-69-63(84)49(16-9-29-105-106-30-10-23-68-22-4-11-41-36-76(67(90)73-62(41)83)53-21-19-42(98-53)37-97-104(95,96)101-102(91)100-103(92,93)94)71-61(82)40-18-20-43(46(33-40)65(86)87)56-47-31-38-12-5-25-74-27-7-14-44(57(38)74)59(47)99-60-45-15-8-28-75-26-6-13-39(58(45)75)32-48(56)60/h18,20,31-33,36,42,49-51,53,68,92-94H,1-3,5-10,12-17,19,21-30,34-35,37H2,(H7-3,69,70,71,72,73,77,78,79,80,81,82,83,84,85,86,87,88,89,90,95,96)/p+3. The summed E-state index contributed by atoms with van der Waals surface area (Å²) in [5.74, 6) is -0.827. The number of nitrogens with one attached hydrogen (secondary N) is 6. The minimum Gasteiger partial charge on any atom is -0.481 e. The Labute approximate surface area is 615 Å². The van der Waals surface area contributed by atoms with Crippen molar-refractivity contribution >= 4 is 105 Å². The van der Waals surface area contributed by atoms with Crippen LogP contribution in [0, 0.1) is 11.8 Å². The summed E-state index contributed by atoms with van der Waals surface area (Å²) in [6.07, 6.45) is 7.02. The molecule has 4 amide bonds. The number of aromatic nitrogens is 2. The average molecular weight is 1570 g/mol. The number of phosphoric acid groups is 1. The first-order valence-corrected chi connectivity index (χ1v) is 41.3. The molecule has 39 heteroatoms. The quantitative estimate of drug-likeness (QED) is 0.00893. The summed E-state index contributed by atoms with van der Waals surface area (Å²) in [6, 6.07) is 4.28. The number of rotatable bonds is 37. The maximum atomic E-state index is 14.6. The highest BCUT2D eigenvalue weighted by molar-refractivity contribution is 8.76. The number of amides is 4. The summed E-state index contributed by atoms with van der Waals surface area (Å²) in [5.41, 5.74) is 6.08. The third kappa shape index (κ3) is 21.2. The number of aliphatic carboxylic acids is 3. The number of anilines is 1. The van der Waals surface area contributed by atoms with Gasteiger partial charge in [-0.05, 0) is 130 Å². The van der Waals surface area contributed by atoms with Gasteiger partial charge in [-0.15, -0.1) is 0 Å². The molecule has 0 bridgehead atoms. The Morgan fingerprint density at radius 1 is 0.783 bits per heavy atom. The van der Waals surface area contributed by atoms with Crippen LogP contribution in [-0.4, -0.2) is 185 Å². The lowest BCUT2D eigenvalue weighted by molar-refractivity contribution is -0.148. The van der Waals surface area contributed by atoms with Gasteiger partial charge in [0.15, 0.2) is 0 Å². The predicted octanol–water partition coefficient (Wildman–Crippen LogP) is 2.78. The van der Waals surface area contributed by atoms with Gasteiger partial charge in [0.25, 0.3) is 11.5 Å². The molecule has 7 heterocycles. The van der Waals surface area contributed by atoms with E-state index in [1.165, 1.54) is 34.4 Å². The molecule has 0 radical (unpaired) electrons. The second-order valence-electron chi connectivity index (χ2n) is 26.0. The molecule has 0 aliphatic carbocycles. The van der Waals surface area contributed by atoms with E-state index in [0.717, 1.165) is 121 Å². The van der Waals surface area contributed by atoms with Gasteiger partial charge in [0.05, 0.1) is 43.2 Å². The number of carbonyl (C=O) groups excluding carboxylic acids is 4. The highest BCUT2D eigenvalue weighted by atomic mass is 33.1. The highest BCUT2D eigenvalue weighted by Gasteiger charge is 2.53. The van der Waals surface area contributed by atoms with Gasteiger partial charge in [-0.1, -0.05) is 45.9 Å². The summed E-state index contributed by atoms with van der Waals surface area (Å²) in [4.78, 5) is 169. The fourth-order valence-electron chi connectivity index (χ4n) is 13.8. The fraction of sp³-hybridized carbons (Fsp3) is 0.507. The highest BCUT2D eigenvalue weighted by Crippen LogP contribution is 2.61. The number of unbranched alkanes of at least 4 members (excludes halogenated alkanes) is 2. The van der Waals surface area contributed by atoms with Gasteiger partial charge in [-0.2, -0.15) is 14.7 Å². The number of hydrogen-bond donors (Lipinski definition) is 14. The van der Waals surface area contributed by atoms with Crippen LogP contribution in [0.2, 0.25) is 0 Å². The number of carboxylic acid groups (broad SMARTS) is 4. The molecule has 1 saturated heterocycles. The molecule has 6 aliphatic heterocycles. The van der Waals surface area contributed by atoms with Crippen LogP contribution < -0.4 is 62.6 Å². The SMILES string of the molecule is O=C(O)CC(NC(=O)C(CC(=O)O)NC(=O)CCCCCNC(=O)C(CCCSSCCCNCC#Cc1cn(C2CCC(COP(=O)(O)O[P+](=O)O[P+](O)(O)O)O2)c(=O)[nH]c1=O)NC(=O)c1ccc(C2=c3cc4c5c(c3Oc3c2cc2c6c3CCCN6CCC2)CCC[N+]=5CCC4)c(C(=O)O)c1)C(=O)O. The van der Waals surface area contributed by atoms with Crippen molar-refractivity contribution in [1.29, 1.82) is 0 Å². The zero-order valence-corrected chi connectivity index (χ0v) is 61.7. The van der Waals surface area contributed by atoms with Crippen LogP contribution in [0.4, 0.5) is 5.69 Å². The first kappa shape index (κ1) is 80.6. The van der Waals surface area contributed by atoms with Gasteiger partial charge >= 0.3 is 53.8 Å². The Morgan fingerprint density at radius 2 is 1.50 bits per heavy atom. The first-order chi connectivity index (χ1) is 50.6. The Balaban J connectivity index is 0.765. The van der Waals surface area contributed by atoms with Crippen molar-refractivity contribution in [2.24, 2.45) is 0 Å². The monoisotopic (exact) mass is 1570 g/mol. The summed E-state index contributed by atoms with van der Waals surface area (Å²) < 4.78 is 52.9. The van der Waals surface area contributed by atoms with E-state index in [4.69, 9.17) is 33.8 Å². The number of phosphoric ester groups is 1. The molecule has 14 N–H and O–H groups in total. The van der Waals surface area contributed by atoms with Gasteiger partial charge in [0, 0.05) is 99.9 Å². The number of ether oxygens (including phenoxy) is 2. The number of nitrogens with zero attached hydrogens (tertiary/aromatic N) is 3. The van der Waals surface area contributed by atoms with Gasteiger partial charge in [-0.25, -0.2) is 23.5 Å². The molecule has 1 fully saturated rings. The van der Waals surface area contributed by atoms with Crippen LogP contribution >= 0.6 is 45.8 Å². The van der Waals surface area contributed by atoms with E-state index < -0.39 is 133 Å². The number of H-pyrrole nitrogens is 1. The number of fused-ring (bicyclic) bond motifs is 4. The van der Waals surface area contributed by atoms with Crippen LogP contribution in [0.25, 0.3) is 5.57 Å². The molecular weight excluding hydrogens is 1490 g/mol. The van der Waals surface area contributed by atoms with Crippen molar-refractivity contribution in [1.82, 2.24) is 40.7 Å². The first-order valence-electron chi connectivity index (χ1n) is 34.6. The molecule has 6 aliphatic rings. The van der Waals surface area contributed by atoms with Gasteiger partial charge in [0.1, 0.15) is 58.8 Å². The van der Waals surface area contributed by atoms with E-state index in [1.807, 2.05) is 5.32 Å². The lowest BCUT2D eigenvalue weighted by atomic mass is 9.81. The van der Waals surface area contributed by atoms with Crippen LogP contribution in [0.15, 0.2) is 46.1 Å². The minimum absolute atomic E-state index is 0.0123. The smallest absolute Gasteiger partial charge is 0.481 e. The molecule has 3 aromatic carbocycles. The topological polar surface area (TPSA) is 500 Å². The van der Waals surface area contributed by atoms with E-state index in [-0.39, 0.29) is 61.9 Å². The van der Waals surface area contributed by atoms with Gasteiger partial charge < -0.3 is 61.4 Å². The number of hydrogen-bond acceptors (Lipinski definition) is 24. The predicted molar refractivity (Wildman–Crippen MR) is 385 cm³/mol. The Hall–Kier alpha value is -7.97. The van der Waals surface area contributed by atoms with Crippen molar-refractivity contribution in [3.8, 4) is 23.3 Å². The van der Waals surface area contributed by atoms with E-state index in [2.05, 4.69) is 68.3 Å². The van der Waals surface area contributed by atoms with Crippen molar-refractivity contribution in [3.63, 3.8) is 0 Å². The molecule has 0 saturated carbocycles. The number of aromatic amines is 1. The van der Waals surface area contributed by atoms with Crippen molar-refractivity contribution < 1.29 is 110 Å². The number of aromatic carboxylic acids is 1. The number of benzene rings is 3. The van der Waals surface area contributed by atoms with E-state index in [9.17, 15) is 77.3 Å². The Kier molecular flexibility index (Phi) is 27.9. The molecule has 34 nitrogen and oxygen atoms in total. The zero-order valence-electron chi connectivity index (χ0n) is 57.4. The maximum Gasteiger partial charge on any atom is 0.753 e. The Morgan fingerprint density at radius 3 is 2.24 bits per heavy atom. The lowest BCUT2D eigenvalue weighted by Crippen LogP contribution is -2.52. The van der Waals surface area contributed by atoms with Gasteiger partial charge in [0.2, 0.25) is 23.1 Å². The molecule has 106 heavy (non-hydrogen) atoms. The number of aryl methyl sites for hydroxylation is 2. The Bertz CT molecular complexity index is 4480. The van der Waals surface area contributed by atoms with E-state index in [1.54, 1.807) is 33.7 Å². The van der Waals surface area contributed by atoms with Crippen LogP contribution in [0.3, 0.4) is 0 Å². The molecule has 7 atom stereocenters. The molecule has 4 aromatic rings. The molecule has 0 spiro atoms. The van der Waals surface area contributed by atoms with Gasteiger partial charge in [-0.3, -0.25) is 52.5 Å². The maximum absolute atomic E-state index is 14.6. The van der Waals surface area contributed by atoms with Crippen molar-refractivity contribution in [2.75, 3.05) is 68.8 Å². The van der Waals surface area contributed by atoms with E-state index in [0.29, 0.717) is 49.3 Å². The number of carbonyl (C=O) groups is 8. The second kappa shape index (κ2) is 36.8. The van der Waals surface area contributed by atoms with E-state index >= 15 is 0 Å². The van der Waals surface area contributed by atoms with Crippen LogP contribution in [0.1, 0.15) is 162 Å². The summed E-state index contributed by atoms with van der Waals surface area (Å²) in [5, 5.41) is 54.2. The second-order valence-corrected chi connectivity index (χ2v) is 32.7. The fourth-order valence-corrected chi connectivity index (χ4v) is 18.3. The van der Waals surface area contributed by atoms with Crippen LogP contribution in [-0.2, 0) is 81.5 Å². The minimum atomic E-state index is -5.11. The molecule has 570 valence electrons. The molecule has 10 rings (SSSR count). The van der Waals surface area contributed by atoms with Crippen molar-refractivity contribution in [3.05, 3.63) is 118 Å². The third-order valence-corrected chi connectivity index (χ3v) is 24.3. The zero-order chi connectivity index (χ0) is 76.0. The van der Waals surface area contributed by atoms with Crippen molar-refractivity contribution in [2.45, 2.75) is 152 Å². The molecule has 7 unspecified atom stereocenters. The normalized spacial score (nSPS) is 17.8. The largest absolute Gasteiger partial charge is 0.753 e. The molecule has 1 aromatic heterocycles. The summed E-state index contributed by atoms with van der Waals surface area (Å²) in [6.45, 7) is 3.96. The molecular formula is C67H83N9O25P3S2+3. The lowest BCUT2D eigenvalue weighted by Gasteiger charge is -2.39. The average Bonchev–Trinajstić information content (AvgIpc) is 0.890. The summed E-state index contributed by atoms with van der Waals surface area (Å²) >= 11 is 0. The number of carboxylic acids is 4. The van der Waals surface area contributed by atoms with Crippen LogP contribution in [0.5, 0.6) is 11.5 Å².